The van der Waals surface area contributed by atoms with E-state index >= 15 is 0 Å². The molecular formula is C8H10N6O. The Hall–Kier alpha value is -2.31. The molecule has 2 rings (SSSR count). The van der Waals surface area contributed by atoms with Gasteiger partial charge in [-0.2, -0.15) is 0 Å². The van der Waals surface area contributed by atoms with Crippen LogP contribution in [0, 0.1) is 0 Å². The van der Waals surface area contributed by atoms with Gasteiger partial charge in [0.1, 0.15) is 0 Å². The predicted molar refractivity (Wildman–Crippen MR) is 54.6 cm³/mol. The first-order valence-corrected chi connectivity index (χ1v) is 4.31. The van der Waals surface area contributed by atoms with Crippen molar-refractivity contribution in [1.29, 1.82) is 0 Å². The first-order chi connectivity index (χ1) is 7.27. The van der Waals surface area contributed by atoms with Gasteiger partial charge in [0, 0.05) is 31.8 Å². The second-order valence-electron chi connectivity index (χ2n) is 2.84. The number of rotatable bonds is 2. The molecule has 0 bridgehead atoms. The van der Waals surface area contributed by atoms with Crippen molar-refractivity contribution in [2.24, 2.45) is 0 Å². The van der Waals surface area contributed by atoms with Crippen LogP contribution in [0.3, 0.4) is 0 Å². The predicted octanol–water partition coefficient (Wildman–Crippen LogP) is 0.801. The van der Waals surface area contributed by atoms with Gasteiger partial charge in [-0.25, -0.2) is 14.8 Å². The fraction of sp³-hybridized carbons (Fsp3) is 0.125. The van der Waals surface area contributed by atoms with Crippen molar-refractivity contribution >= 4 is 17.9 Å². The molecule has 7 nitrogen and oxygen atoms in total. The Morgan fingerprint density at radius 3 is 2.67 bits per heavy atom. The number of anilines is 2. The summed E-state index contributed by atoms with van der Waals surface area (Å²) in [5, 5.41) is 2.57. The summed E-state index contributed by atoms with van der Waals surface area (Å²) in [5.41, 5.74) is 0. The molecule has 7 heteroatoms. The molecule has 0 radical (unpaired) electrons. The fourth-order valence-corrected chi connectivity index (χ4v) is 1.06. The topological polar surface area (TPSA) is 89.7 Å². The second kappa shape index (κ2) is 3.82. The van der Waals surface area contributed by atoms with Crippen LogP contribution < -0.4 is 10.2 Å². The molecule has 2 heterocycles. The third kappa shape index (κ3) is 1.96. The van der Waals surface area contributed by atoms with Crippen LogP contribution in [-0.4, -0.2) is 33.0 Å². The number of carbonyl (C=O) groups excluding carboxylic acids is 1. The number of H-pyrrole nitrogens is 2. The van der Waals surface area contributed by atoms with E-state index in [1.54, 1.807) is 31.8 Å². The number of hydrogen-bond donors (Lipinski definition) is 3. The number of amides is 2. The van der Waals surface area contributed by atoms with E-state index in [2.05, 4.69) is 25.3 Å². The van der Waals surface area contributed by atoms with Crippen LogP contribution in [-0.2, 0) is 0 Å². The Bertz CT molecular complexity index is 420. The van der Waals surface area contributed by atoms with Crippen LogP contribution in [0.5, 0.6) is 0 Å². The molecule has 2 aromatic rings. The van der Waals surface area contributed by atoms with Crippen molar-refractivity contribution in [2.45, 2.75) is 0 Å². The van der Waals surface area contributed by atoms with Crippen molar-refractivity contribution in [1.82, 2.24) is 19.9 Å². The molecule has 0 spiro atoms. The zero-order valence-corrected chi connectivity index (χ0v) is 8.06. The van der Waals surface area contributed by atoms with Crippen LogP contribution in [0.2, 0.25) is 0 Å². The molecule has 0 aliphatic heterocycles. The number of urea groups is 1. The molecule has 15 heavy (non-hydrogen) atoms. The monoisotopic (exact) mass is 206 g/mol. The van der Waals surface area contributed by atoms with E-state index in [-0.39, 0.29) is 6.03 Å². The maximum Gasteiger partial charge on any atom is 0.330 e. The highest BCUT2D eigenvalue weighted by molar-refractivity contribution is 5.98. The van der Waals surface area contributed by atoms with E-state index < -0.39 is 0 Å². The minimum atomic E-state index is -0.320. The van der Waals surface area contributed by atoms with E-state index in [4.69, 9.17) is 0 Å². The van der Waals surface area contributed by atoms with E-state index in [0.29, 0.717) is 11.9 Å². The normalized spacial score (nSPS) is 9.93. The van der Waals surface area contributed by atoms with Gasteiger partial charge in [-0.15, -0.1) is 0 Å². The first kappa shape index (κ1) is 9.25. The molecule has 0 atom stereocenters. The van der Waals surface area contributed by atoms with E-state index in [0.717, 1.165) is 0 Å². The van der Waals surface area contributed by atoms with Gasteiger partial charge < -0.3 is 9.97 Å². The summed E-state index contributed by atoms with van der Waals surface area (Å²) in [6.45, 7) is 0. The smallest absolute Gasteiger partial charge is 0.330 e. The van der Waals surface area contributed by atoms with Gasteiger partial charge in [0.2, 0.25) is 11.9 Å². The summed E-state index contributed by atoms with van der Waals surface area (Å²) in [4.78, 5) is 26.4. The van der Waals surface area contributed by atoms with Crippen molar-refractivity contribution in [3.8, 4) is 0 Å². The lowest BCUT2D eigenvalue weighted by molar-refractivity contribution is 0.257. The zero-order chi connectivity index (χ0) is 10.7. The number of nitrogens with one attached hydrogen (secondary N) is 3. The van der Waals surface area contributed by atoms with Gasteiger partial charge in [-0.05, 0) is 0 Å². The van der Waals surface area contributed by atoms with Gasteiger partial charge >= 0.3 is 6.03 Å². The molecule has 0 fully saturated rings. The highest BCUT2D eigenvalue weighted by Crippen LogP contribution is 2.05. The lowest BCUT2D eigenvalue weighted by Gasteiger charge is -2.13. The molecule has 0 unspecified atom stereocenters. The van der Waals surface area contributed by atoms with Gasteiger partial charge in [-0.3, -0.25) is 10.2 Å². The Kier molecular flexibility index (Phi) is 2.36. The standard InChI is InChI=1S/C8H10N6O/c1-14(7-11-4-5-12-7)8(15)13-6-9-2-3-10-6/h2-5H,1H3,(H,11,12)(H2,9,10,13,15). The fourth-order valence-electron chi connectivity index (χ4n) is 1.06. The van der Waals surface area contributed by atoms with Crippen LogP contribution in [0.15, 0.2) is 24.8 Å². The van der Waals surface area contributed by atoms with Gasteiger partial charge in [0.15, 0.2) is 0 Å². The number of carbonyl (C=O) groups is 1. The molecular weight excluding hydrogens is 196 g/mol. The van der Waals surface area contributed by atoms with E-state index in [1.807, 2.05) is 0 Å². The molecule has 0 aliphatic carbocycles. The van der Waals surface area contributed by atoms with Crippen LogP contribution in [0.25, 0.3) is 0 Å². The molecule has 2 aromatic heterocycles. The highest BCUT2D eigenvalue weighted by Gasteiger charge is 2.13. The highest BCUT2D eigenvalue weighted by atomic mass is 16.2. The summed E-state index contributed by atoms with van der Waals surface area (Å²) in [7, 11) is 1.61. The lowest BCUT2D eigenvalue weighted by Crippen LogP contribution is -2.32. The molecule has 0 aromatic carbocycles. The summed E-state index contributed by atoms with van der Waals surface area (Å²) in [6.07, 6.45) is 6.41. The third-order valence-electron chi connectivity index (χ3n) is 1.83. The summed E-state index contributed by atoms with van der Waals surface area (Å²) in [6, 6.07) is -0.320. The average Bonchev–Trinajstić information content (AvgIpc) is 2.88. The van der Waals surface area contributed by atoms with Gasteiger partial charge in [-0.1, -0.05) is 0 Å². The Labute approximate surface area is 85.5 Å². The molecule has 0 aliphatic rings. The molecule has 2 amide bonds. The number of nitrogens with zero attached hydrogens (tertiary/aromatic N) is 3. The van der Waals surface area contributed by atoms with Crippen LogP contribution in [0.4, 0.5) is 16.7 Å². The molecule has 3 N–H and O–H groups in total. The Morgan fingerprint density at radius 2 is 2.07 bits per heavy atom. The minimum absolute atomic E-state index is 0.320. The minimum Gasteiger partial charge on any atom is -0.331 e. The number of hydrogen-bond acceptors (Lipinski definition) is 3. The van der Waals surface area contributed by atoms with Crippen molar-refractivity contribution < 1.29 is 4.79 Å². The molecule has 0 saturated heterocycles. The van der Waals surface area contributed by atoms with Crippen LogP contribution >= 0.6 is 0 Å². The zero-order valence-electron chi connectivity index (χ0n) is 8.06. The van der Waals surface area contributed by atoms with Crippen molar-refractivity contribution in [3.63, 3.8) is 0 Å². The van der Waals surface area contributed by atoms with E-state index in [9.17, 15) is 4.79 Å². The quantitative estimate of drug-likeness (QED) is 0.678. The Morgan fingerprint density at radius 1 is 1.33 bits per heavy atom. The largest absolute Gasteiger partial charge is 0.331 e. The summed E-state index contributed by atoms with van der Waals surface area (Å²) < 4.78 is 0. The third-order valence-corrected chi connectivity index (χ3v) is 1.83. The lowest BCUT2D eigenvalue weighted by atomic mass is 10.7. The van der Waals surface area contributed by atoms with Crippen LogP contribution in [0.1, 0.15) is 0 Å². The molecule has 0 saturated carbocycles. The summed E-state index contributed by atoms with van der Waals surface area (Å²) >= 11 is 0. The van der Waals surface area contributed by atoms with Gasteiger partial charge in [0.25, 0.3) is 0 Å². The second-order valence-corrected chi connectivity index (χ2v) is 2.84. The number of aromatic nitrogens is 4. The van der Waals surface area contributed by atoms with E-state index in [1.165, 1.54) is 4.90 Å². The summed E-state index contributed by atoms with van der Waals surface area (Å²) in [5.74, 6) is 0.873. The SMILES string of the molecule is CN(C(=O)Nc1ncc[nH]1)c1ncc[nH]1. The maximum absolute atomic E-state index is 11.6. The maximum atomic E-state index is 11.6. The first-order valence-electron chi connectivity index (χ1n) is 4.31. The Balaban J connectivity index is 2.03. The average molecular weight is 206 g/mol. The van der Waals surface area contributed by atoms with Crippen molar-refractivity contribution in [3.05, 3.63) is 24.8 Å². The van der Waals surface area contributed by atoms with Crippen molar-refractivity contribution in [2.75, 3.05) is 17.3 Å². The number of imidazole rings is 2. The van der Waals surface area contributed by atoms with Gasteiger partial charge in [0.05, 0.1) is 0 Å². The molecule has 78 valence electrons. The number of aromatic amines is 2.